The Kier molecular flexibility index (Phi) is 6.55. The van der Waals surface area contributed by atoms with E-state index in [1.165, 1.54) is 0 Å². The second-order valence-corrected chi connectivity index (χ2v) is 9.71. The second kappa shape index (κ2) is 8.89. The fourth-order valence-corrected chi connectivity index (χ4v) is 4.67. The lowest BCUT2D eigenvalue weighted by molar-refractivity contribution is -0.113. The maximum absolute atomic E-state index is 12.3. The molecule has 0 bridgehead atoms. The lowest BCUT2D eigenvalue weighted by atomic mass is 10.2. The molecule has 2 aromatic carbocycles. The van der Waals surface area contributed by atoms with Crippen molar-refractivity contribution in [1.29, 1.82) is 0 Å². The van der Waals surface area contributed by atoms with Gasteiger partial charge in [-0.25, -0.2) is 8.42 Å². The molecule has 1 N–H and O–H groups in total. The largest absolute Gasteiger partial charge is 0.488 e. The van der Waals surface area contributed by atoms with E-state index >= 15 is 0 Å². The Hall–Kier alpha value is -1.86. The van der Waals surface area contributed by atoms with E-state index < -0.39 is 21.5 Å². The van der Waals surface area contributed by atoms with Crippen molar-refractivity contribution >= 4 is 37.4 Å². The molecule has 0 spiro atoms. The van der Waals surface area contributed by atoms with Gasteiger partial charge in [0.2, 0.25) is 5.91 Å². The topological polar surface area (TPSA) is 72.5 Å². The highest BCUT2D eigenvalue weighted by atomic mass is 79.9. The lowest BCUT2D eigenvalue weighted by Crippen LogP contribution is -2.24. The molecule has 2 aromatic rings. The van der Waals surface area contributed by atoms with Gasteiger partial charge < -0.3 is 10.1 Å². The SMILES string of the molecule is O=C(CS(=O)(=O)Cc1ccc(Br)cc1)Nc1ccccc1OC1CCCC1. The number of hydrogen-bond acceptors (Lipinski definition) is 4. The van der Waals surface area contributed by atoms with Crippen LogP contribution in [0.1, 0.15) is 31.2 Å². The predicted molar refractivity (Wildman–Crippen MR) is 110 cm³/mol. The quantitative estimate of drug-likeness (QED) is 0.679. The van der Waals surface area contributed by atoms with E-state index in [4.69, 9.17) is 4.74 Å². The molecule has 1 aliphatic rings. The van der Waals surface area contributed by atoms with Gasteiger partial charge in [-0.05, 0) is 55.5 Å². The van der Waals surface area contributed by atoms with Crippen molar-refractivity contribution in [3.05, 3.63) is 58.6 Å². The van der Waals surface area contributed by atoms with Crippen LogP contribution in [0.15, 0.2) is 53.0 Å². The van der Waals surface area contributed by atoms with Crippen molar-refractivity contribution in [2.75, 3.05) is 11.1 Å². The molecule has 1 fully saturated rings. The molecular formula is C20H22BrNO4S. The van der Waals surface area contributed by atoms with Crippen LogP contribution in [0.2, 0.25) is 0 Å². The maximum atomic E-state index is 12.3. The van der Waals surface area contributed by atoms with Crippen LogP contribution in [0.25, 0.3) is 0 Å². The van der Waals surface area contributed by atoms with Crippen LogP contribution >= 0.6 is 15.9 Å². The highest BCUT2D eigenvalue weighted by Crippen LogP contribution is 2.29. The molecule has 0 aliphatic heterocycles. The number of nitrogens with one attached hydrogen (secondary N) is 1. The fraction of sp³-hybridized carbons (Fsp3) is 0.350. The summed E-state index contributed by atoms with van der Waals surface area (Å²) in [5, 5.41) is 2.68. The van der Waals surface area contributed by atoms with Crippen molar-refractivity contribution in [2.45, 2.75) is 37.5 Å². The first-order valence-electron chi connectivity index (χ1n) is 8.92. The smallest absolute Gasteiger partial charge is 0.239 e. The first-order chi connectivity index (χ1) is 12.9. The van der Waals surface area contributed by atoms with Gasteiger partial charge in [0.15, 0.2) is 9.84 Å². The Morgan fingerprint density at radius 1 is 1.07 bits per heavy atom. The molecule has 27 heavy (non-hydrogen) atoms. The van der Waals surface area contributed by atoms with Gasteiger partial charge in [0.05, 0.1) is 17.5 Å². The lowest BCUT2D eigenvalue weighted by Gasteiger charge is -2.17. The summed E-state index contributed by atoms with van der Waals surface area (Å²) in [6, 6.07) is 14.2. The van der Waals surface area contributed by atoms with Gasteiger partial charge in [0, 0.05) is 4.47 Å². The number of amides is 1. The number of sulfone groups is 1. The molecule has 0 heterocycles. The van der Waals surface area contributed by atoms with E-state index in [0.717, 1.165) is 30.2 Å². The summed E-state index contributed by atoms with van der Waals surface area (Å²) in [7, 11) is -3.57. The number of carbonyl (C=O) groups excluding carboxylic acids is 1. The predicted octanol–water partition coefficient (Wildman–Crippen LogP) is 4.32. The molecule has 5 nitrogen and oxygen atoms in total. The highest BCUT2D eigenvalue weighted by molar-refractivity contribution is 9.10. The summed E-state index contributed by atoms with van der Waals surface area (Å²) < 4.78 is 31.5. The molecule has 3 rings (SSSR count). The van der Waals surface area contributed by atoms with Crippen molar-refractivity contribution in [1.82, 2.24) is 0 Å². The van der Waals surface area contributed by atoms with Crippen LogP contribution < -0.4 is 10.1 Å². The summed E-state index contributed by atoms with van der Waals surface area (Å²) in [5.41, 5.74) is 1.16. The van der Waals surface area contributed by atoms with E-state index in [0.29, 0.717) is 17.0 Å². The standard InChI is InChI=1S/C20H22BrNO4S/c21-16-11-9-15(10-12-16)13-27(24,25)14-20(23)22-18-7-3-4-8-19(18)26-17-5-1-2-6-17/h3-4,7-12,17H,1-2,5-6,13-14H2,(H,22,23). The normalized spacial score (nSPS) is 14.9. The molecule has 0 unspecified atom stereocenters. The molecule has 144 valence electrons. The number of rotatable bonds is 7. The number of halogens is 1. The van der Waals surface area contributed by atoms with Gasteiger partial charge in [-0.3, -0.25) is 4.79 Å². The minimum Gasteiger partial charge on any atom is -0.488 e. The Bertz CT molecular complexity index is 890. The van der Waals surface area contributed by atoms with Crippen molar-refractivity contribution in [3.63, 3.8) is 0 Å². The van der Waals surface area contributed by atoms with Crippen LogP contribution in [0.5, 0.6) is 5.75 Å². The summed E-state index contributed by atoms with van der Waals surface area (Å²) in [6.07, 6.45) is 4.46. The van der Waals surface area contributed by atoms with Crippen molar-refractivity contribution < 1.29 is 17.9 Å². The van der Waals surface area contributed by atoms with E-state index in [1.54, 1.807) is 42.5 Å². The van der Waals surface area contributed by atoms with Gasteiger partial charge >= 0.3 is 0 Å². The van der Waals surface area contributed by atoms with Crippen LogP contribution in [-0.4, -0.2) is 26.2 Å². The van der Waals surface area contributed by atoms with Crippen LogP contribution in [-0.2, 0) is 20.4 Å². The second-order valence-electron chi connectivity index (χ2n) is 6.73. The first kappa shape index (κ1) is 19.9. The number of carbonyl (C=O) groups is 1. The Morgan fingerprint density at radius 2 is 1.74 bits per heavy atom. The van der Waals surface area contributed by atoms with Gasteiger partial charge in [0.25, 0.3) is 0 Å². The maximum Gasteiger partial charge on any atom is 0.239 e. The van der Waals surface area contributed by atoms with Crippen molar-refractivity contribution in [3.8, 4) is 5.75 Å². The number of ether oxygens (including phenoxy) is 1. The van der Waals surface area contributed by atoms with Crippen molar-refractivity contribution in [2.24, 2.45) is 0 Å². The van der Waals surface area contributed by atoms with Gasteiger partial charge in [-0.2, -0.15) is 0 Å². The zero-order valence-electron chi connectivity index (χ0n) is 14.9. The Labute approximate surface area is 168 Å². The van der Waals surface area contributed by atoms with Crippen LogP contribution in [0.4, 0.5) is 5.69 Å². The summed E-state index contributed by atoms with van der Waals surface area (Å²) in [4.78, 5) is 12.3. The zero-order chi connectivity index (χ0) is 19.3. The van der Waals surface area contributed by atoms with Gasteiger partial charge in [0.1, 0.15) is 11.5 Å². The molecule has 1 saturated carbocycles. The molecule has 0 atom stereocenters. The molecule has 0 radical (unpaired) electrons. The minimum absolute atomic E-state index is 0.157. The summed E-state index contributed by atoms with van der Waals surface area (Å²) >= 11 is 3.31. The molecule has 1 amide bonds. The fourth-order valence-electron chi connectivity index (χ4n) is 3.13. The molecular weight excluding hydrogens is 430 g/mol. The summed E-state index contributed by atoms with van der Waals surface area (Å²) in [5.74, 6) is -0.716. The third-order valence-electron chi connectivity index (χ3n) is 4.41. The molecule has 7 heteroatoms. The zero-order valence-corrected chi connectivity index (χ0v) is 17.3. The third kappa shape index (κ3) is 6.07. The first-order valence-corrected chi connectivity index (χ1v) is 11.5. The van der Waals surface area contributed by atoms with Gasteiger partial charge in [-0.15, -0.1) is 0 Å². The van der Waals surface area contributed by atoms with E-state index in [2.05, 4.69) is 21.2 Å². The van der Waals surface area contributed by atoms with E-state index in [9.17, 15) is 13.2 Å². The van der Waals surface area contributed by atoms with Gasteiger partial charge in [-0.1, -0.05) is 40.2 Å². The van der Waals surface area contributed by atoms with E-state index in [-0.39, 0.29) is 11.9 Å². The summed E-state index contributed by atoms with van der Waals surface area (Å²) in [6.45, 7) is 0. The van der Waals surface area contributed by atoms with Crippen LogP contribution in [0, 0.1) is 0 Å². The number of anilines is 1. The monoisotopic (exact) mass is 451 g/mol. The Balaban J connectivity index is 1.62. The number of para-hydroxylation sites is 2. The molecule has 1 aliphatic carbocycles. The highest BCUT2D eigenvalue weighted by Gasteiger charge is 2.21. The molecule has 0 aromatic heterocycles. The third-order valence-corrected chi connectivity index (χ3v) is 6.41. The molecule has 0 saturated heterocycles. The average molecular weight is 452 g/mol. The van der Waals surface area contributed by atoms with Crippen LogP contribution in [0.3, 0.4) is 0 Å². The minimum atomic E-state index is -3.57. The average Bonchev–Trinajstić information content (AvgIpc) is 3.11. The Morgan fingerprint density at radius 3 is 2.44 bits per heavy atom. The number of benzene rings is 2. The number of hydrogen-bond donors (Lipinski definition) is 1. The van der Waals surface area contributed by atoms with E-state index in [1.807, 2.05) is 6.07 Å².